The van der Waals surface area contributed by atoms with Gasteiger partial charge in [-0.1, -0.05) is 6.07 Å². The van der Waals surface area contributed by atoms with Gasteiger partial charge >= 0.3 is 6.18 Å². The van der Waals surface area contributed by atoms with Gasteiger partial charge in [-0.15, -0.1) is 0 Å². The van der Waals surface area contributed by atoms with Crippen LogP contribution in [-0.2, 0) is 11.0 Å². The molecular formula is C20H15F3N2O5S. The van der Waals surface area contributed by atoms with Gasteiger partial charge in [0.15, 0.2) is 11.5 Å². The molecule has 0 spiro atoms. The highest BCUT2D eigenvalue weighted by atomic mass is 32.2. The lowest BCUT2D eigenvalue weighted by atomic mass is 10.1. The molecule has 0 unspecified atom stereocenters. The van der Waals surface area contributed by atoms with E-state index in [1.807, 2.05) is 0 Å². The maximum absolute atomic E-state index is 13.5. The van der Waals surface area contributed by atoms with Gasteiger partial charge in [-0.3, -0.25) is 19.7 Å². The first-order valence-electron chi connectivity index (χ1n) is 8.79. The third kappa shape index (κ3) is 5.18. The predicted molar refractivity (Wildman–Crippen MR) is 107 cm³/mol. The van der Waals surface area contributed by atoms with Crippen molar-refractivity contribution in [2.75, 3.05) is 6.61 Å². The fourth-order valence-electron chi connectivity index (χ4n) is 2.65. The molecule has 3 amide bonds. The van der Waals surface area contributed by atoms with Gasteiger partial charge in [0.2, 0.25) is 5.91 Å². The van der Waals surface area contributed by atoms with E-state index < -0.39 is 34.5 Å². The summed E-state index contributed by atoms with van der Waals surface area (Å²) in [6, 6.07) is 7.07. The second-order valence-electron chi connectivity index (χ2n) is 6.17. The largest absolute Gasteiger partial charge is 0.490 e. The molecule has 0 radical (unpaired) electrons. The van der Waals surface area contributed by atoms with E-state index in [2.05, 4.69) is 5.32 Å². The first-order chi connectivity index (χ1) is 14.6. The van der Waals surface area contributed by atoms with Crippen LogP contribution in [0.5, 0.6) is 17.2 Å². The number of amides is 3. The third-order valence-corrected chi connectivity index (χ3v) is 4.81. The molecule has 0 aliphatic carbocycles. The van der Waals surface area contributed by atoms with Crippen molar-refractivity contribution < 1.29 is 37.0 Å². The molecule has 2 aromatic carbocycles. The monoisotopic (exact) mass is 452 g/mol. The fourth-order valence-corrected chi connectivity index (χ4v) is 3.33. The number of carbonyl (C=O) groups is 3. The van der Waals surface area contributed by atoms with E-state index in [9.17, 15) is 27.6 Å². The number of halogens is 3. The van der Waals surface area contributed by atoms with Crippen molar-refractivity contribution in [1.29, 1.82) is 0 Å². The smallest absolute Gasteiger partial charge is 0.420 e. The summed E-state index contributed by atoms with van der Waals surface area (Å²) in [6.07, 6.45) is -3.35. The molecule has 2 aromatic rings. The van der Waals surface area contributed by atoms with E-state index in [0.717, 1.165) is 23.9 Å². The summed E-state index contributed by atoms with van der Waals surface area (Å²) in [5, 5.41) is 1.63. The first kappa shape index (κ1) is 22.2. The Morgan fingerprint density at radius 3 is 2.42 bits per heavy atom. The van der Waals surface area contributed by atoms with Crippen LogP contribution in [0, 0.1) is 0 Å². The summed E-state index contributed by atoms with van der Waals surface area (Å²) in [5.74, 6) is -1.98. The third-order valence-electron chi connectivity index (χ3n) is 4.00. The van der Waals surface area contributed by atoms with Crippen LogP contribution in [-0.4, -0.2) is 23.7 Å². The van der Waals surface area contributed by atoms with Crippen LogP contribution in [0.4, 0.5) is 18.0 Å². The number of carbonyl (C=O) groups excluding carboxylic acids is 3. The topological polar surface area (TPSA) is 108 Å². The van der Waals surface area contributed by atoms with Crippen LogP contribution >= 0.6 is 11.8 Å². The number of benzene rings is 2. The van der Waals surface area contributed by atoms with Crippen LogP contribution in [0.3, 0.4) is 0 Å². The van der Waals surface area contributed by atoms with Gasteiger partial charge in [0.05, 0.1) is 17.1 Å². The zero-order chi connectivity index (χ0) is 22.8. The molecule has 0 aromatic heterocycles. The number of ether oxygens (including phenoxy) is 2. The number of nitrogens with two attached hydrogens (primary N) is 1. The van der Waals surface area contributed by atoms with E-state index in [0.29, 0.717) is 11.6 Å². The Hall–Kier alpha value is -3.47. The minimum atomic E-state index is -4.80. The van der Waals surface area contributed by atoms with Gasteiger partial charge in [0.25, 0.3) is 11.1 Å². The molecule has 3 N–H and O–H groups in total. The van der Waals surface area contributed by atoms with E-state index in [1.54, 1.807) is 6.92 Å². The summed E-state index contributed by atoms with van der Waals surface area (Å²) < 4.78 is 51.3. The Morgan fingerprint density at radius 1 is 1.13 bits per heavy atom. The summed E-state index contributed by atoms with van der Waals surface area (Å²) in [5.41, 5.74) is 4.06. The minimum absolute atomic E-state index is 0.0130. The number of alkyl halides is 3. The van der Waals surface area contributed by atoms with Crippen molar-refractivity contribution >= 4 is 34.9 Å². The zero-order valence-corrected chi connectivity index (χ0v) is 16.7. The lowest BCUT2D eigenvalue weighted by Gasteiger charge is -2.17. The second-order valence-corrected chi connectivity index (χ2v) is 7.18. The highest BCUT2D eigenvalue weighted by Crippen LogP contribution is 2.41. The number of hydrogen-bond donors (Lipinski definition) is 2. The number of nitrogens with one attached hydrogen (secondary N) is 1. The Kier molecular flexibility index (Phi) is 6.25. The first-order valence-corrected chi connectivity index (χ1v) is 9.60. The van der Waals surface area contributed by atoms with Crippen LogP contribution in [0.1, 0.15) is 28.4 Å². The van der Waals surface area contributed by atoms with Crippen molar-refractivity contribution in [1.82, 2.24) is 5.32 Å². The normalized spacial score (nSPS) is 15.2. The molecule has 1 fully saturated rings. The van der Waals surface area contributed by atoms with Crippen LogP contribution in [0.25, 0.3) is 6.08 Å². The van der Waals surface area contributed by atoms with Crippen LogP contribution in [0.2, 0.25) is 0 Å². The molecule has 1 saturated heterocycles. The molecule has 11 heteroatoms. The van der Waals surface area contributed by atoms with E-state index in [1.165, 1.54) is 24.3 Å². The van der Waals surface area contributed by atoms with Gasteiger partial charge in [-0.2, -0.15) is 13.2 Å². The Balaban J connectivity index is 1.98. The average Bonchev–Trinajstić information content (AvgIpc) is 3.00. The Labute approximate surface area is 178 Å². The maximum Gasteiger partial charge on any atom is 0.420 e. The quantitative estimate of drug-likeness (QED) is 0.632. The SMILES string of the molecule is CCOc1cc(/C=C2/SC(=O)NC2=O)ccc1Oc1ccc(C(N)=O)cc1C(F)(F)F. The molecular weight excluding hydrogens is 437 g/mol. The standard InChI is InChI=1S/C20H15F3N2O5S/c1-2-29-15-7-10(8-16-18(27)25-19(28)31-16)3-5-14(15)30-13-6-4-11(17(24)26)9-12(13)20(21,22)23/h3-9H,2H2,1H3,(H2,24,26)(H,25,27,28)/b16-8+. The van der Waals surface area contributed by atoms with E-state index in [-0.39, 0.29) is 28.6 Å². The number of imide groups is 1. The zero-order valence-electron chi connectivity index (χ0n) is 15.9. The molecule has 0 atom stereocenters. The van der Waals surface area contributed by atoms with E-state index in [4.69, 9.17) is 15.2 Å². The van der Waals surface area contributed by atoms with Gasteiger partial charge in [-0.05, 0) is 60.7 Å². The van der Waals surface area contributed by atoms with Crippen LogP contribution < -0.4 is 20.5 Å². The maximum atomic E-state index is 13.5. The molecule has 7 nitrogen and oxygen atoms in total. The van der Waals surface area contributed by atoms with Crippen molar-refractivity contribution in [3.63, 3.8) is 0 Å². The van der Waals surface area contributed by atoms with Crippen LogP contribution in [0.15, 0.2) is 41.3 Å². The summed E-state index contributed by atoms with van der Waals surface area (Å²) >= 11 is 0.730. The Bertz CT molecular complexity index is 1100. The van der Waals surface area contributed by atoms with Gasteiger partial charge in [0.1, 0.15) is 5.75 Å². The van der Waals surface area contributed by atoms with Crippen molar-refractivity contribution in [2.45, 2.75) is 13.1 Å². The second kappa shape index (κ2) is 8.72. The molecule has 162 valence electrons. The van der Waals surface area contributed by atoms with Gasteiger partial charge in [0, 0.05) is 5.56 Å². The predicted octanol–water partition coefficient (Wildman–Crippen LogP) is 4.32. The molecule has 1 heterocycles. The molecule has 1 aliphatic heterocycles. The molecule has 1 aliphatic rings. The summed E-state index contributed by atoms with van der Waals surface area (Å²) in [4.78, 5) is 34.4. The van der Waals surface area contributed by atoms with Crippen molar-refractivity contribution in [3.8, 4) is 17.2 Å². The average molecular weight is 452 g/mol. The number of primary amides is 1. The summed E-state index contributed by atoms with van der Waals surface area (Å²) in [6.45, 7) is 1.87. The molecule has 3 rings (SSSR count). The minimum Gasteiger partial charge on any atom is -0.490 e. The van der Waals surface area contributed by atoms with Gasteiger partial charge < -0.3 is 15.2 Å². The molecule has 0 saturated carbocycles. The lowest BCUT2D eigenvalue weighted by molar-refractivity contribution is -0.138. The van der Waals surface area contributed by atoms with Crippen molar-refractivity contribution in [2.24, 2.45) is 5.73 Å². The molecule has 31 heavy (non-hydrogen) atoms. The van der Waals surface area contributed by atoms with Gasteiger partial charge in [-0.25, -0.2) is 0 Å². The lowest BCUT2D eigenvalue weighted by Crippen LogP contribution is -2.17. The van der Waals surface area contributed by atoms with E-state index >= 15 is 0 Å². The highest BCUT2D eigenvalue weighted by Gasteiger charge is 2.35. The number of thioether (sulfide) groups is 1. The fraction of sp³-hybridized carbons (Fsp3) is 0.150. The number of hydrogen-bond acceptors (Lipinski definition) is 6. The Morgan fingerprint density at radius 2 is 1.84 bits per heavy atom. The number of rotatable bonds is 6. The molecule has 0 bridgehead atoms. The summed E-state index contributed by atoms with van der Waals surface area (Å²) in [7, 11) is 0. The van der Waals surface area contributed by atoms with Crippen molar-refractivity contribution in [3.05, 3.63) is 58.0 Å². The highest BCUT2D eigenvalue weighted by molar-refractivity contribution is 8.18.